The van der Waals surface area contributed by atoms with Crippen molar-refractivity contribution in [3.8, 4) is 0 Å². The van der Waals surface area contributed by atoms with Crippen LogP contribution in [0.3, 0.4) is 0 Å². The van der Waals surface area contributed by atoms with Crippen molar-refractivity contribution in [1.29, 1.82) is 0 Å². The Kier molecular flexibility index (Phi) is 3.95. The molecule has 3 nitrogen and oxygen atoms in total. The molecule has 0 radical (unpaired) electrons. The van der Waals surface area contributed by atoms with E-state index in [0.717, 1.165) is 36.3 Å². The summed E-state index contributed by atoms with van der Waals surface area (Å²) < 4.78 is 2.04. The molecule has 1 N–H and O–H groups in total. The Labute approximate surface area is 91.5 Å². The van der Waals surface area contributed by atoms with E-state index in [4.69, 9.17) is 0 Å². The maximum atomic E-state index is 11.8. The molecular weight excluding hydrogens is 188 g/mol. The van der Waals surface area contributed by atoms with E-state index >= 15 is 0 Å². The molecule has 15 heavy (non-hydrogen) atoms. The number of carbonyl (C=O) groups is 1. The van der Waals surface area contributed by atoms with Crippen LogP contribution in [0.1, 0.15) is 41.5 Å². The van der Waals surface area contributed by atoms with E-state index in [0.29, 0.717) is 0 Å². The molecule has 0 unspecified atom stereocenters. The zero-order chi connectivity index (χ0) is 11.4. The Morgan fingerprint density at radius 3 is 2.60 bits per heavy atom. The van der Waals surface area contributed by atoms with Gasteiger partial charge in [-0.15, -0.1) is 0 Å². The summed E-state index contributed by atoms with van der Waals surface area (Å²) in [5, 5.41) is 2.93. The summed E-state index contributed by atoms with van der Waals surface area (Å²) in [6.07, 6.45) is 2.14. The lowest BCUT2D eigenvalue weighted by molar-refractivity contribution is 0.0952. The Morgan fingerprint density at radius 1 is 1.47 bits per heavy atom. The third kappa shape index (κ3) is 2.61. The van der Waals surface area contributed by atoms with Crippen LogP contribution in [0.5, 0.6) is 0 Å². The minimum atomic E-state index is 0.0460. The predicted molar refractivity (Wildman–Crippen MR) is 62.1 cm³/mol. The van der Waals surface area contributed by atoms with Crippen LogP contribution in [-0.4, -0.2) is 17.0 Å². The van der Waals surface area contributed by atoms with Gasteiger partial charge in [0.15, 0.2) is 0 Å². The van der Waals surface area contributed by atoms with Crippen LogP contribution in [0.15, 0.2) is 6.07 Å². The second-order valence-electron chi connectivity index (χ2n) is 3.95. The van der Waals surface area contributed by atoms with Gasteiger partial charge in [0.25, 0.3) is 5.91 Å². The molecule has 0 spiro atoms. The molecule has 1 amide bonds. The van der Waals surface area contributed by atoms with Crippen LogP contribution >= 0.6 is 0 Å². The van der Waals surface area contributed by atoms with Crippen molar-refractivity contribution in [2.24, 2.45) is 7.05 Å². The molecule has 3 heteroatoms. The summed E-state index contributed by atoms with van der Waals surface area (Å²) in [6, 6.07) is 1.94. The van der Waals surface area contributed by atoms with Gasteiger partial charge < -0.3 is 9.88 Å². The third-order valence-electron chi connectivity index (χ3n) is 2.84. The van der Waals surface area contributed by atoms with Gasteiger partial charge in [-0.1, -0.05) is 13.3 Å². The molecule has 0 saturated heterocycles. The first-order valence-corrected chi connectivity index (χ1v) is 5.49. The van der Waals surface area contributed by atoms with Crippen molar-refractivity contribution in [1.82, 2.24) is 9.88 Å². The van der Waals surface area contributed by atoms with Gasteiger partial charge in [0.1, 0.15) is 0 Å². The minimum Gasteiger partial charge on any atom is -0.352 e. The molecule has 0 fully saturated rings. The number of hydrogen-bond donors (Lipinski definition) is 1. The van der Waals surface area contributed by atoms with E-state index in [1.54, 1.807) is 0 Å². The zero-order valence-electron chi connectivity index (χ0n) is 10.1. The van der Waals surface area contributed by atoms with Crippen molar-refractivity contribution < 1.29 is 4.79 Å². The van der Waals surface area contributed by atoms with Gasteiger partial charge in [-0.05, 0) is 26.3 Å². The summed E-state index contributed by atoms with van der Waals surface area (Å²) in [4.78, 5) is 11.8. The summed E-state index contributed by atoms with van der Waals surface area (Å²) in [7, 11) is 1.98. The van der Waals surface area contributed by atoms with E-state index in [1.807, 2.05) is 31.5 Å². The molecule has 0 aliphatic heterocycles. The number of nitrogens with zero attached hydrogens (tertiary/aromatic N) is 1. The molecule has 1 heterocycles. The molecular formula is C12H20N2O. The van der Waals surface area contributed by atoms with Gasteiger partial charge in [-0.25, -0.2) is 0 Å². The van der Waals surface area contributed by atoms with Crippen LogP contribution in [0.25, 0.3) is 0 Å². The van der Waals surface area contributed by atoms with Crippen molar-refractivity contribution in [2.45, 2.75) is 33.6 Å². The molecule has 0 aromatic carbocycles. The fourth-order valence-corrected chi connectivity index (χ4v) is 1.56. The largest absolute Gasteiger partial charge is 0.352 e. The maximum Gasteiger partial charge on any atom is 0.253 e. The molecule has 84 valence electrons. The second kappa shape index (κ2) is 5.01. The number of unbranched alkanes of at least 4 members (excludes halogenated alkanes) is 1. The van der Waals surface area contributed by atoms with E-state index in [2.05, 4.69) is 12.2 Å². The van der Waals surface area contributed by atoms with Crippen molar-refractivity contribution in [3.63, 3.8) is 0 Å². The van der Waals surface area contributed by atoms with Crippen LogP contribution in [0.2, 0.25) is 0 Å². The lowest BCUT2D eigenvalue weighted by Gasteiger charge is -2.04. The highest BCUT2D eigenvalue weighted by atomic mass is 16.1. The first-order valence-electron chi connectivity index (χ1n) is 5.49. The predicted octanol–water partition coefficient (Wildman–Crippen LogP) is 2.17. The van der Waals surface area contributed by atoms with E-state index < -0.39 is 0 Å². The Hall–Kier alpha value is -1.25. The average molecular weight is 208 g/mol. The highest BCUT2D eigenvalue weighted by Crippen LogP contribution is 2.12. The zero-order valence-corrected chi connectivity index (χ0v) is 10.1. The Morgan fingerprint density at radius 2 is 2.13 bits per heavy atom. The highest BCUT2D eigenvalue weighted by molar-refractivity contribution is 5.95. The SMILES string of the molecule is CCCCNC(=O)c1cc(C)n(C)c1C. The number of carbonyl (C=O) groups excluding carboxylic acids is 1. The lowest BCUT2D eigenvalue weighted by atomic mass is 10.2. The van der Waals surface area contributed by atoms with Gasteiger partial charge in [0.05, 0.1) is 5.56 Å². The van der Waals surface area contributed by atoms with Gasteiger partial charge in [-0.3, -0.25) is 4.79 Å². The number of nitrogens with one attached hydrogen (secondary N) is 1. The number of aromatic nitrogens is 1. The quantitative estimate of drug-likeness (QED) is 0.756. The first kappa shape index (κ1) is 11.8. The fraction of sp³-hybridized carbons (Fsp3) is 0.583. The second-order valence-corrected chi connectivity index (χ2v) is 3.95. The van der Waals surface area contributed by atoms with Gasteiger partial charge >= 0.3 is 0 Å². The molecule has 0 aliphatic rings. The Balaban J connectivity index is 2.70. The van der Waals surface area contributed by atoms with Crippen LogP contribution in [-0.2, 0) is 7.05 Å². The van der Waals surface area contributed by atoms with Crippen molar-refractivity contribution in [2.75, 3.05) is 6.54 Å². The number of aryl methyl sites for hydroxylation is 1. The lowest BCUT2D eigenvalue weighted by Crippen LogP contribution is -2.24. The molecule has 0 atom stereocenters. The summed E-state index contributed by atoms with van der Waals surface area (Å²) in [5.74, 6) is 0.0460. The normalized spacial score (nSPS) is 10.4. The van der Waals surface area contributed by atoms with Crippen molar-refractivity contribution >= 4 is 5.91 Å². The molecule has 0 bridgehead atoms. The molecule has 0 aliphatic carbocycles. The fourth-order valence-electron chi connectivity index (χ4n) is 1.56. The third-order valence-corrected chi connectivity index (χ3v) is 2.84. The monoisotopic (exact) mass is 208 g/mol. The average Bonchev–Trinajstić information content (AvgIpc) is 2.46. The standard InChI is InChI=1S/C12H20N2O/c1-5-6-7-13-12(15)11-8-9(2)14(4)10(11)3/h8H,5-7H2,1-4H3,(H,13,15). The summed E-state index contributed by atoms with van der Waals surface area (Å²) in [6.45, 7) is 6.87. The summed E-state index contributed by atoms with van der Waals surface area (Å²) >= 11 is 0. The van der Waals surface area contributed by atoms with E-state index in [-0.39, 0.29) is 5.91 Å². The number of rotatable bonds is 4. The molecule has 1 rings (SSSR count). The van der Waals surface area contributed by atoms with Gasteiger partial charge in [0, 0.05) is 25.0 Å². The van der Waals surface area contributed by atoms with Gasteiger partial charge in [-0.2, -0.15) is 0 Å². The van der Waals surface area contributed by atoms with Crippen molar-refractivity contribution in [3.05, 3.63) is 23.0 Å². The van der Waals surface area contributed by atoms with Crippen LogP contribution in [0.4, 0.5) is 0 Å². The highest BCUT2D eigenvalue weighted by Gasteiger charge is 2.12. The summed E-state index contributed by atoms with van der Waals surface area (Å²) in [5.41, 5.74) is 2.95. The van der Waals surface area contributed by atoms with Crippen LogP contribution < -0.4 is 5.32 Å². The number of hydrogen-bond acceptors (Lipinski definition) is 1. The topological polar surface area (TPSA) is 34.0 Å². The van der Waals surface area contributed by atoms with Crippen LogP contribution in [0, 0.1) is 13.8 Å². The maximum absolute atomic E-state index is 11.8. The van der Waals surface area contributed by atoms with Gasteiger partial charge in [0.2, 0.25) is 0 Å². The minimum absolute atomic E-state index is 0.0460. The molecule has 0 saturated carbocycles. The number of amides is 1. The molecule has 1 aromatic rings. The first-order chi connectivity index (χ1) is 7.07. The van der Waals surface area contributed by atoms with E-state index in [9.17, 15) is 4.79 Å². The Bertz CT molecular complexity index is 353. The molecule has 1 aromatic heterocycles. The smallest absolute Gasteiger partial charge is 0.253 e. The van der Waals surface area contributed by atoms with E-state index in [1.165, 1.54) is 0 Å².